The second-order valence-electron chi connectivity index (χ2n) is 4.96. The van der Waals surface area contributed by atoms with Crippen LogP contribution in [0.1, 0.15) is 35.6 Å². The average molecular weight is 340 g/mol. The lowest BCUT2D eigenvalue weighted by Gasteiger charge is -2.17. The van der Waals surface area contributed by atoms with Gasteiger partial charge in [0.2, 0.25) is 0 Å². The minimum absolute atomic E-state index is 0.131. The molecule has 1 N–H and O–H groups in total. The first-order chi connectivity index (χ1) is 9.49. The predicted molar refractivity (Wildman–Crippen MR) is 82.4 cm³/mol. The summed E-state index contributed by atoms with van der Waals surface area (Å²) in [4.78, 5) is 0. The van der Waals surface area contributed by atoms with Crippen LogP contribution in [0.4, 0.5) is 4.39 Å². The minimum atomic E-state index is -0.218. The highest BCUT2D eigenvalue weighted by Crippen LogP contribution is 2.26. The number of nitrogens with one attached hydrogen (secondary N) is 1. The molecule has 1 atom stereocenters. The van der Waals surface area contributed by atoms with Crippen LogP contribution in [0.5, 0.6) is 0 Å². The summed E-state index contributed by atoms with van der Waals surface area (Å²) in [5.74, 6) is 1.61. The largest absolute Gasteiger partial charge is 0.466 e. The molecule has 2 aromatic rings. The molecule has 4 heteroatoms. The van der Waals surface area contributed by atoms with E-state index in [9.17, 15) is 4.39 Å². The molecule has 2 nitrogen and oxygen atoms in total. The van der Waals surface area contributed by atoms with Crippen molar-refractivity contribution in [3.05, 3.63) is 57.2 Å². The van der Waals surface area contributed by atoms with Crippen molar-refractivity contribution >= 4 is 15.9 Å². The number of hydrogen-bond acceptors (Lipinski definition) is 2. The Morgan fingerprint density at radius 2 is 2.00 bits per heavy atom. The number of hydrogen-bond donors (Lipinski definition) is 1. The summed E-state index contributed by atoms with van der Waals surface area (Å²) in [6, 6.07) is 7.19. The zero-order valence-electron chi connectivity index (χ0n) is 12.0. The third-order valence-corrected chi connectivity index (χ3v) is 3.73. The van der Waals surface area contributed by atoms with E-state index in [1.165, 1.54) is 6.07 Å². The summed E-state index contributed by atoms with van der Waals surface area (Å²) in [7, 11) is 0. The van der Waals surface area contributed by atoms with Crippen LogP contribution in [0.15, 0.2) is 33.2 Å². The number of rotatable bonds is 5. The number of furan rings is 1. The van der Waals surface area contributed by atoms with E-state index in [-0.39, 0.29) is 11.9 Å². The lowest BCUT2D eigenvalue weighted by molar-refractivity contribution is 0.484. The fraction of sp³-hybridized carbons (Fsp3) is 0.375. The van der Waals surface area contributed by atoms with E-state index in [4.69, 9.17) is 4.42 Å². The normalized spacial score (nSPS) is 12.7. The van der Waals surface area contributed by atoms with Crippen LogP contribution >= 0.6 is 15.9 Å². The Balaban J connectivity index is 2.27. The molecule has 2 rings (SSSR count). The van der Waals surface area contributed by atoms with Gasteiger partial charge < -0.3 is 9.73 Å². The molecule has 0 spiro atoms. The monoisotopic (exact) mass is 339 g/mol. The van der Waals surface area contributed by atoms with E-state index in [1.807, 2.05) is 19.9 Å². The first-order valence-corrected chi connectivity index (χ1v) is 7.54. The van der Waals surface area contributed by atoms with Gasteiger partial charge in [0.1, 0.15) is 17.3 Å². The molecule has 0 saturated heterocycles. The Morgan fingerprint density at radius 3 is 2.55 bits per heavy atom. The lowest BCUT2D eigenvalue weighted by Crippen LogP contribution is -2.23. The first kappa shape index (κ1) is 15.3. The number of aryl methyl sites for hydroxylation is 2. The molecule has 0 bridgehead atoms. The van der Waals surface area contributed by atoms with Gasteiger partial charge in [0.15, 0.2) is 0 Å². The van der Waals surface area contributed by atoms with E-state index >= 15 is 0 Å². The highest BCUT2D eigenvalue weighted by Gasteiger charge is 2.17. The van der Waals surface area contributed by atoms with E-state index in [0.29, 0.717) is 0 Å². The molecule has 1 unspecified atom stereocenters. The van der Waals surface area contributed by atoms with Crippen LogP contribution in [0, 0.1) is 19.7 Å². The van der Waals surface area contributed by atoms with Crippen LogP contribution < -0.4 is 5.32 Å². The predicted octanol–water partition coefficient (Wildman–Crippen LogP) is 4.69. The smallest absolute Gasteiger partial charge is 0.124 e. The minimum Gasteiger partial charge on any atom is -0.466 e. The first-order valence-electron chi connectivity index (χ1n) is 6.75. The van der Waals surface area contributed by atoms with Gasteiger partial charge in [-0.05, 0) is 56.6 Å². The van der Waals surface area contributed by atoms with Gasteiger partial charge in [-0.3, -0.25) is 0 Å². The molecular formula is C16H19BrFNO. The third kappa shape index (κ3) is 3.70. The highest BCUT2D eigenvalue weighted by atomic mass is 79.9. The maximum absolute atomic E-state index is 13.5. The van der Waals surface area contributed by atoms with Gasteiger partial charge >= 0.3 is 0 Å². The van der Waals surface area contributed by atoms with Crippen LogP contribution in [0.3, 0.4) is 0 Å². The average Bonchev–Trinajstić information content (AvgIpc) is 2.66. The molecule has 108 valence electrons. The number of halogens is 2. The van der Waals surface area contributed by atoms with Gasteiger partial charge in [-0.1, -0.05) is 22.9 Å². The summed E-state index contributed by atoms with van der Waals surface area (Å²) in [5.41, 5.74) is 2.10. The van der Waals surface area contributed by atoms with E-state index in [0.717, 1.165) is 40.1 Å². The van der Waals surface area contributed by atoms with Crippen molar-refractivity contribution in [1.82, 2.24) is 5.32 Å². The maximum Gasteiger partial charge on any atom is 0.124 e. The molecular weight excluding hydrogens is 321 g/mol. The van der Waals surface area contributed by atoms with E-state index < -0.39 is 0 Å². The Hall–Kier alpha value is -1.13. The van der Waals surface area contributed by atoms with Crippen molar-refractivity contribution in [2.24, 2.45) is 0 Å². The molecule has 0 aliphatic rings. The number of benzene rings is 1. The van der Waals surface area contributed by atoms with Crippen molar-refractivity contribution in [2.45, 2.75) is 33.2 Å². The van der Waals surface area contributed by atoms with Gasteiger partial charge in [-0.15, -0.1) is 0 Å². The summed E-state index contributed by atoms with van der Waals surface area (Å²) in [5, 5.41) is 3.44. The molecule has 1 heterocycles. The van der Waals surface area contributed by atoms with Gasteiger partial charge in [-0.25, -0.2) is 4.39 Å². The summed E-state index contributed by atoms with van der Waals surface area (Å²) in [6.07, 6.45) is 0.726. The van der Waals surface area contributed by atoms with Crippen LogP contribution in [0.25, 0.3) is 0 Å². The van der Waals surface area contributed by atoms with E-state index in [1.54, 1.807) is 6.07 Å². The van der Waals surface area contributed by atoms with Gasteiger partial charge in [0, 0.05) is 16.1 Å². The molecule has 0 radical (unpaired) electrons. The number of likely N-dealkylation sites (N-methyl/N-ethyl adjacent to an activating group) is 1. The van der Waals surface area contributed by atoms with Crippen molar-refractivity contribution in [2.75, 3.05) is 6.54 Å². The zero-order chi connectivity index (χ0) is 14.7. The van der Waals surface area contributed by atoms with Crippen molar-refractivity contribution in [1.29, 1.82) is 0 Å². The molecule has 20 heavy (non-hydrogen) atoms. The van der Waals surface area contributed by atoms with E-state index in [2.05, 4.69) is 34.2 Å². The second kappa shape index (κ2) is 6.55. The Labute approximate surface area is 127 Å². The maximum atomic E-state index is 13.5. The molecule has 0 aliphatic carbocycles. The molecule has 0 amide bonds. The molecule has 0 aliphatic heterocycles. The third-order valence-electron chi connectivity index (χ3n) is 3.27. The van der Waals surface area contributed by atoms with Crippen LogP contribution in [0.2, 0.25) is 0 Å². The quantitative estimate of drug-likeness (QED) is 0.854. The summed E-state index contributed by atoms with van der Waals surface area (Å²) in [6.45, 7) is 6.83. The van der Waals surface area contributed by atoms with Gasteiger partial charge in [-0.2, -0.15) is 0 Å². The second-order valence-corrected chi connectivity index (χ2v) is 5.88. The zero-order valence-corrected chi connectivity index (χ0v) is 13.6. The highest BCUT2D eigenvalue weighted by molar-refractivity contribution is 9.10. The van der Waals surface area contributed by atoms with Crippen molar-refractivity contribution in [3.8, 4) is 0 Å². The standard InChI is InChI=1S/C16H19BrFNO/c1-4-19-16(15-5-10(2)20-11(15)3)8-12-6-13(17)9-14(18)7-12/h5-7,9,16,19H,4,8H2,1-3H3. The van der Waals surface area contributed by atoms with Crippen molar-refractivity contribution < 1.29 is 8.81 Å². The molecule has 1 aromatic heterocycles. The fourth-order valence-corrected chi connectivity index (χ4v) is 3.01. The van der Waals surface area contributed by atoms with Gasteiger partial charge in [0.25, 0.3) is 0 Å². The Kier molecular flexibility index (Phi) is 5.00. The Morgan fingerprint density at radius 1 is 1.25 bits per heavy atom. The summed E-state index contributed by atoms with van der Waals surface area (Å²) < 4.78 is 19.9. The fourth-order valence-electron chi connectivity index (χ4n) is 2.50. The van der Waals surface area contributed by atoms with Crippen molar-refractivity contribution in [3.63, 3.8) is 0 Å². The van der Waals surface area contributed by atoms with Gasteiger partial charge in [0.05, 0.1) is 0 Å². The SMILES string of the molecule is CCNC(Cc1cc(F)cc(Br)c1)c1cc(C)oc1C. The lowest BCUT2D eigenvalue weighted by atomic mass is 9.99. The summed E-state index contributed by atoms with van der Waals surface area (Å²) >= 11 is 3.34. The topological polar surface area (TPSA) is 25.2 Å². The van der Waals surface area contributed by atoms with Crippen LogP contribution in [-0.4, -0.2) is 6.54 Å². The van der Waals surface area contributed by atoms with Crippen LogP contribution in [-0.2, 0) is 6.42 Å². The molecule has 1 aromatic carbocycles. The Bertz CT molecular complexity index is 574. The molecule has 0 fully saturated rings. The molecule has 0 saturated carbocycles.